The second kappa shape index (κ2) is 17.8. The van der Waals surface area contributed by atoms with Gasteiger partial charge in [-0.05, 0) is 12.8 Å². The number of unbranched alkanes of at least 4 members (excludes halogenated alkanes) is 1. The molecule has 8 nitrogen and oxygen atoms in total. The number of aliphatic carboxylic acids is 2. The van der Waals surface area contributed by atoms with Gasteiger partial charge < -0.3 is 32.3 Å². The van der Waals surface area contributed by atoms with Gasteiger partial charge in [-0.25, -0.2) is 0 Å². The summed E-state index contributed by atoms with van der Waals surface area (Å²) in [5.74, 6) is -1.74. The van der Waals surface area contributed by atoms with Gasteiger partial charge in [-0.15, -0.1) is 0 Å². The highest BCUT2D eigenvalue weighted by molar-refractivity contribution is 5.67. The molecule has 0 aromatic carbocycles. The zero-order valence-electron chi connectivity index (χ0n) is 11.9. The van der Waals surface area contributed by atoms with E-state index >= 15 is 0 Å². The van der Waals surface area contributed by atoms with Gasteiger partial charge in [-0.3, -0.25) is 9.59 Å². The zero-order chi connectivity index (χ0) is 15.6. The molecule has 0 aromatic heterocycles. The van der Waals surface area contributed by atoms with E-state index in [0.717, 1.165) is 26.2 Å². The third kappa shape index (κ3) is 25.6. The summed E-state index contributed by atoms with van der Waals surface area (Å²) >= 11 is 0. The lowest BCUT2D eigenvalue weighted by Crippen LogP contribution is -2.32. The zero-order valence-corrected chi connectivity index (χ0v) is 11.9. The van der Waals surface area contributed by atoms with Gasteiger partial charge in [-0.2, -0.15) is 0 Å². The standard InChI is InChI=1S/C6H18N4.C6H10O4/c7-1-3-9-5-6-10-4-2-8;7-5(8)3-1-2-4-6(9)10/h9-10H,1-8H2;1-4H2,(H,7,8)(H,9,10). The Bertz CT molecular complexity index is 215. The normalized spacial score (nSPS) is 9.70. The maximum atomic E-state index is 9.90. The van der Waals surface area contributed by atoms with Crippen molar-refractivity contribution >= 4 is 11.9 Å². The lowest BCUT2D eigenvalue weighted by Gasteiger charge is -2.03. The van der Waals surface area contributed by atoms with Crippen molar-refractivity contribution in [3.05, 3.63) is 0 Å². The van der Waals surface area contributed by atoms with E-state index in [1.807, 2.05) is 0 Å². The van der Waals surface area contributed by atoms with E-state index in [2.05, 4.69) is 10.6 Å². The summed E-state index contributed by atoms with van der Waals surface area (Å²) in [5.41, 5.74) is 10.5. The van der Waals surface area contributed by atoms with Crippen LogP contribution < -0.4 is 22.1 Å². The number of carboxylic acids is 2. The molecular weight excluding hydrogens is 264 g/mol. The minimum atomic E-state index is -0.870. The highest BCUT2D eigenvalue weighted by Crippen LogP contribution is 1.98. The molecular formula is C12H28N4O4. The van der Waals surface area contributed by atoms with Crippen molar-refractivity contribution in [2.45, 2.75) is 25.7 Å². The van der Waals surface area contributed by atoms with Crippen molar-refractivity contribution in [3.8, 4) is 0 Å². The molecule has 0 aliphatic heterocycles. The molecule has 0 amide bonds. The fourth-order valence-electron chi connectivity index (χ4n) is 1.18. The van der Waals surface area contributed by atoms with Crippen molar-refractivity contribution in [1.29, 1.82) is 0 Å². The van der Waals surface area contributed by atoms with E-state index in [4.69, 9.17) is 21.7 Å². The van der Waals surface area contributed by atoms with Crippen LogP contribution in [0, 0.1) is 0 Å². The molecule has 8 N–H and O–H groups in total. The van der Waals surface area contributed by atoms with Crippen LogP contribution in [0.1, 0.15) is 25.7 Å². The lowest BCUT2D eigenvalue weighted by molar-refractivity contribution is -0.139. The number of hydrogen-bond acceptors (Lipinski definition) is 6. The Morgan fingerprint density at radius 1 is 0.750 bits per heavy atom. The van der Waals surface area contributed by atoms with Gasteiger partial charge in [0.15, 0.2) is 0 Å². The Kier molecular flexibility index (Phi) is 18.7. The fraction of sp³-hybridized carbons (Fsp3) is 0.833. The molecule has 0 fully saturated rings. The van der Waals surface area contributed by atoms with Gasteiger partial charge in [0.05, 0.1) is 0 Å². The molecule has 0 atom stereocenters. The van der Waals surface area contributed by atoms with Gasteiger partial charge >= 0.3 is 11.9 Å². The van der Waals surface area contributed by atoms with E-state index in [-0.39, 0.29) is 12.8 Å². The Hall–Kier alpha value is -1.22. The number of carbonyl (C=O) groups is 2. The van der Waals surface area contributed by atoms with Crippen LogP contribution in [0.3, 0.4) is 0 Å². The molecule has 8 heteroatoms. The van der Waals surface area contributed by atoms with E-state index < -0.39 is 11.9 Å². The topological polar surface area (TPSA) is 151 Å². The fourth-order valence-corrected chi connectivity index (χ4v) is 1.18. The van der Waals surface area contributed by atoms with Crippen molar-refractivity contribution in [3.63, 3.8) is 0 Å². The molecule has 0 aliphatic carbocycles. The van der Waals surface area contributed by atoms with Crippen LogP contribution in [0.15, 0.2) is 0 Å². The largest absolute Gasteiger partial charge is 0.481 e. The SMILES string of the molecule is NCCNCCNCCN.O=C(O)CCCCC(=O)O. The maximum absolute atomic E-state index is 9.90. The average molecular weight is 292 g/mol. The summed E-state index contributed by atoms with van der Waals surface area (Å²) in [4.78, 5) is 19.8. The summed E-state index contributed by atoms with van der Waals surface area (Å²) in [6.07, 6.45) is 1.02. The molecule has 0 rings (SSSR count). The summed E-state index contributed by atoms with van der Waals surface area (Å²) in [6.45, 7) is 5.14. The summed E-state index contributed by atoms with van der Waals surface area (Å²) in [6, 6.07) is 0. The Morgan fingerprint density at radius 3 is 1.35 bits per heavy atom. The average Bonchev–Trinajstić information content (AvgIpc) is 2.39. The highest BCUT2D eigenvalue weighted by Gasteiger charge is 1.99. The first kappa shape index (κ1) is 21.1. The second-order valence-corrected chi connectivity index (χ2v) is 4.07. The van der Waals surface area contributed by atoms with Gasteiger partial charge in [0, 0.05) is 52.1 Å². The first-order chi connectivity index (χ1) is 9.54. The minimum Gasteiger partial charge on any atom is -0.481 e. The van der Waals surface area contributed by atoms with Crippen molar-refractivity contribution in [1.82, 2.24) is 10.6 Å². The van der Waals surface area contributed by atoms with Gasteiger partial charge in [-0.1, -0.05) is 0 Å². The summed E-state index contributed by atoms with van der Waals surface area (Å²) in [5, 5.41) is 22.6. The molecule has 20 heavy (non-hydrogen) atoms. The van der Waals surface area contributed by atoms with Crippen molar-refractivity contribution in [2.75, 3.05) is 39.3 Å². The monoisotopic (exact) mass is 292 g/mol. The van der Waals surface area contributed by atoms with E-state index in [9.17, 15) is 9.59 Å². The molecule has 120 valence electrons. The molecule has 0 heterocycles. The number of hydrogen-bond donors (Lipinski definition) is 6. The van der Waals surface area contributed by atoms with E-state index in [1.54, 1.807) is 0 Å². The number of rotatable bonds is 12. The molecule has 0 unspecified atom stereocenters. The predicted octanol–water partition coefficient (Wildman–Crippen LogP) is -1.20. The Labute approximate surface area is 119 Å². The number of nitrogens with one attached hydrogen (secondary N) is 2. The third-order valence-corrected chi connectivity index (χ3v) is 2.15. The van der Waals surface area contributed by atoms with E-state index in [1.165, 1.54) is 0 Å². The number of carboxylic acid groups (broad SMARTS) is 2. The van der Waals surface area contributed by atoms with Crippen LogP contribution >= 0.6 is 0 Å². The quantitative estimate of drug-likeness (QED) is 0.245. The first-order valence-corrected chi connectivity index (χ1v) is 6.79. The smallest absolute Gasteiger partial charge is 0.303 e. The van der Waals surface area contributed by atoms with Crippen LogP contribution in [-0.4, -0.2) is 61.4 Å². The summed E-state index contributed by atoms with van der Waals surface area (Å²) < 4.78 is 0. The molecule has 0 spiro atoms. The molecule has 0 saturated carbocycles. The van der Waals surface area contributed by atoms with Gasteiger partial charge in [0.25, 0.3) is 0 Å². The van der Waals surface area contributed by atoms with Crippen molar-refractivity contribution in [2.24, 2.45) is 11.5 Å². The van der Waals surface area contributed by atoms with Crippen molar-refractivity contribution < 1.29 is 19.8 Å². The van der Waals surface area contributed by atoms with Crippen LogP contribution in [0.5, 0.6) is 0 Å². The molecule has 0 saturated heterocycles. The van der Waals surface area contributed by atoms with Gasteiger partial charge in [0.1, 0.15) is 0 Å². The Morgan fingerprint density at radius 2 is 1.10 bits per heavy atom. The summed E-state index contributed by atoms with van der Waals surface area (Å²) in [7, 11) is 0. The van der Waals surface area contributed by atoms with Crippen LogP contribution in [-0.2, 0) is 9.59 Å². The van der Waals surface area contributed by atoms with E-state index in [0.29, 0.717) is 25.9 Å². The number of nitrogens with two attached hydrogens (primary N) is 2. The predicted molar refractivity (Wildman–Crippen MR) is 77.6 cm³/mol. The van der Waals surface area contributed by atoms with Crippen LogP contribution in [0.2, 0.25) is 0 Å². The van der Waals surface area contributed by atoms with Crippen LogP contribution in [0.4, 0.5) is 0 Å². The second-order valence-electron chi connectivity index (χ2n) is 4.07. The molecule has 0 radical (unpaired) electrons. The highest BCUT2D eigenvalue weighted by atomic mass is 16.4. The first-order valence-electron chi connectivity index (χ1n) is 6.79. The molecule has 0 aliphatic rings. The minimum absolute atomic E-state index is 0.0628. The third-order valence-electron chi connectivity index (χ3n) is 2.15. The lowest BCUT2D eigenvalue weighted by atomic mass is 10.2. The molecule has 0 aromatic rings. The molecule has 0 bridgehead atoms. The maximum Gasteiger partial charge on any atom is 0.303 e. The Balaban J connectivity index is 0. The van der Waals surface area contributed by atoms with Gasteiger partial charge in [0.2, 0.25) is 0 Å². The van der Waals surface area contributed by atoms with Crippen LogP contribution in [0.25, 0.3) is 0 Å².